The van der Waals surface area contributed by atoms with E-state index in [1.165, 1.54) is 0 Å². The highest BCUT2D eigenvalue weighted by Crippen LogP contribution is 2.28. The topological polar surface area (TPSA) is 44.1 Å². The summed E-state index contributed by atoms with van der Waals surface area (Å²) in [5, 5.41) is 9.30. The average Bonchev–Trinajstić information content (AvgIpc) is 2.97. The second kappa shape index (κ2) is 5.64. The molecule has 102 valence electrons. The molecule has 3 heteroatoms. The zero-order valence-corrected chi connectivity index (χ0v) is 11.5. The van der Waals surface area contributed by atoms with Gasteiger partial charge in [0.2, 0.25) is 0 Å². The van der Waals surface area contributed by atoms with Gasteiger partial charge in [-0.05, 0) is 29.7 Å². The molecule has 0 fully saturated rings. The van der Waals surface area contributed by atoms with Crippen molar-refractivity contribution in [1.82, 2.24) is 0 Å². The number of rotatable bonds is 2. The molecular formula is C18H14N2O. The molecule has 1 heterocycles. The normalized spacial score (nSPS) is 13.7. The summed E-state index contributed by atoms with van der Waals surface area (Å²) in [4.78, 5) is 14.3. The molecule has 0 aromatic heterocycles. The highest BCUT2D eigenvalue weighted by Gasteiger charge is 2.26. The molecule has 2 aromatic rings. The van der Waals surface area contributed by atoms with Crippen molar-refractivity contribution in [3.63, 3.8) is 0 Å². The molecule has 3 rings (SSSR count). The fourth-order valence-corrected chi connectivity index (χ4v) is 2.55. The van der Waals surface area contributed by atoms with Gasteiger partial charge in [0.1, 0.15) is 11.6 Å². The Morgan fingerprint density at radius 1 is 1.10 bits per heavy atom. The standard InChI is InChI=1S/C18H14N2O/c19-13-16(12-14-6-2-1-3-7-14)18(21)20-11-10-15-8-4-5-9-17(15)20/h1-9,12H,10-11H2/b16-12+. The lowest BCUT2D eigenvalue weighted by Crippen LogP contribution is -2.29. The van der Waals surface area contributed by atoms with Crippen molar-refractivity contribution in [2.45, 2.75) is 6.42 Å². The summed E-state index contributed by atoms with van der Waals surface area (Å²) in [6.45, 7) is 0.631. The second-order valence-corrected chi connectivity index (χ2v) is 4.92. The van der Waals surface area contributed by atoms with Gasteiger partial charge in [-0.1, -0.05) is 48.5 Å². The minimum absolute atomic E-state index is 0.165. The maximum Gasteiger partial charge on any atom is 0.268 e. The number of amides is 1. The third-order valence-electron chi connectivity index (χ3n) is 3.59. The lowest BCUT2D eigenvalue weighted by atomic mass is 10.1. The molecular weight excluding hydrogens is 260 g/mol. The zero-order valence-electron chi connectivity index (χ0n) is 11.5. The van der Waals surface area contributed by atoms with Crippen LogP contribution in [0.5, 0.6) is 0 Å². The van der Waals surface area contributed by atoms with Crippen molar-refractivity contribution in [3.05, 3.63) is 71.3 Å². The maximum atomic E-state index is 12.6. The van der Waals surface area contributed by atoms with Crippen LogP contribution in [0.4, 0.5) is 5.69 Å². The first-order valence-corrected chi connectivity index (χ1v) is 6.86. The van der Waals surface area contributed by atoms with Gasteiger partial charge >= 0.3 is 0 Å². The second-order valence-electron chi connectivity index (χ2n) is 4.92. The smallest absolute Gasteiger partial charge is 0.268 e. The van der Waals surface area contributed by atoms with Crippen LogP contribution in [0.2, 0.25) is 0 Å². The Balaban J connectivity index is 1.92. The van der Waals surface area contributed by atoms with Crippen molar-refractivity contribution in [1.29, 1.82) is 5.26 Å². The lowest BCUT2D eigenvalue weighted by molar-refractivity contribution is -0.114. The number of nitrogens with zero attached hydrogens (tertiary/aromatic N) is 2. The van der Waals surface area contributed by atoms with Crippen LogP contribution < -0.4 is 4.90 Å². The SMILES string of the molecule is N#C/C(=C\c1ccccc1)C(=O)N1CCc2ccccc21. The van der Waals surface area contributed by atoms with Crippen molar-refractivity contribution in [2.75, 3.05) is 11.4 Å². The van der Waals surface area contributed by atoms with Crippen LogP contribution in [0.1, 0.15) is 11.1 Å². The van der Waals surface area contributed by atoms with Gasteiger partial charge in [0.25, 0.3) is 5.91 Å². The minimum atomic E-state index is -0.230. The van der Waals surface area contributed by atoms with Gasteiger partial charge in [0, 0.05) is 12.2 Å². The van der Waals surface area contributed by atoms with Gasteiger partial charge in [-0.3, -0.25) is 4.79 Å². The van der Waals surface area contributed by atoms with Crippen molar-refractivity contribution in [2.24, 2.45) is 0 Å². The van der Waals surface area contributed by atoms with E-state index in [0.717, 1.165) is 23.2 Å². The molecule has 1 aliphatic heterocycles. The fraction of sp³-hybridized carbons (Fsp3) is 0.111. The summed E-state index contributed by atoms with van der Waals surface area (Å²) in [6.07, 6.45) is 2.48. The summed E-state index contributed by atoms with van der Waals surface area (Å²) < 4.78 is 0. The van der Waals surface area contributed by atoms with E-state index in [1.807, 2.05) is 60.7 Å². The van der Waals surface area contributed by atoms with Crippen molar-refractivity contribution >= 4 is 17.7 Å². The van der Waals surface area contributed by atoms with Gasteiger partial charge in [-0.2, -0.15) is 5.26 Å². The first-order chi connectivity index (χ1) is 10.3. The van der Waals surface area contributed by atoms with Crippen LogP contribution in [0.25, 0.3) is 6.08 Å². The number of carbonyl (C=O) groups is 1. The van der Waals surface area contributed by atoms with E-state index in [2.05, 4.69) is 0 Å². The summed E-state index contributed by atoms with van der Waals surface area (Å²) in [5.41, 5.74) is 3.09. The monoisotopic (exact) mass is 274 g/mol. The molecule has 0 radical (unpaired) electrons. The van der Waals surface area contributed by atoms with Crippen LogP contribution in [0.15, 0.2) is 60.2 Å². The highest BCUT2D eigenvalue weighted by molar-refractivity contribution is 6.12. The Morgan fingerprint density at radius 2 is 1.81 bits per heavy atom. The van der Waals surface area contributed by atoms with E-state index in [1.54, 1.807) is 11.0 Å². The Hall–Kier alpha value is -2.86. The molecule has 0 spiro atoms. The number of hydrogen-bond donors (Lipinski definition) is 0. The molecule has 2 aromatic carbocycles. The third-order valence-corrected chi connectivity index (χ3v) is 3.59. The zero-order chi connectivity index (χ0) is 14.7. The predicted molar refractivity (Wildman–Crippen MR) is 82.5 cm³/mol. The van der Waals surface area contributed by atoms with Crippen LogP contribution in [-0.2, 0) is 11.2 Å². The quantitative estimate of drug-likeness (QED) is 0.623. The van der Waals surface area contributed by atoms with E-state index in [9.17, 15) is 10.1 Å². The van der Waals surface area contributed by atoms with Gasteiger partial charge < -0.3 is 4.90 Å². The van der Waals surface area contributed by atoms with Crippen LogP contribution in [-0.4, -0.2) is 12.5 Å². The number of para-hydroxylation sites is 1. The van der Waals surface area contributed by atoms with E-state index in [4.69, 9.17) is 0 Å². The number of benzene rings is 2. The molecule has 1 amide bonds. The number of nitriles is 1. The number of fused-ring (bicyclic) bond motifs is 1. The lowest BCUT2D eigenvalue weighted by Gasteiger charge is -2.16. The Kier molecular flexibility index (Phi) is 3.53. The molecule has 0 saturated heterocycles. The summed E-state index contributed by atoms with van der Waals surface area (Å²) in [7, 11) is 0. The molecule has 3 nitrogen and oxygen atoms in total. The minimum Gasteiger partial charge on any atom is -0.307 e. The van der Waals surface area contributed by atoms with Crippen molar-refractivity contribution < 1.29 is 4.79 Å². The van der Waals surface area contributed by atoms with E-state index in [-0.39, 0.29) is 11.5 Å². The van der Waals surface area contributed by atoms with Crippen LogP contribution in [0.3, 0.4) is 0 Å². The van der Waals surface area contributed by atoms with Crippen LogP contribution >= 0.6 is 0 Å². The first kappa shape index (κ1) is 13.1. The first-order valence-electron chi connectivity index (χ1n) is 6.86. The molecule has 0 N–H and O–H groups in total. The molecule has 0 bridgehead atoms. The van der Waals surface area contributed by atoms with Gasteiger partial charge in [0.05, 0.1) is 0 Å². The van der Waals surface area contributed by atoms with Gasteiger partial charge in [-0.25, -0.2) is 0 Å². The fourth-order valence-electron chi connectivity index (χ4n) is 2.55. The number of anilines is 1. The van der Waals surface area contributed by atoms with E-state index < -0.39 is 0 Å². The molecule has 0 aliphatic carbocycles. The number of hydrogen-bond acceptors (Lipinski definition) is 2. The Bertz CT molecular complexity index is 741. The van der Waals surface area contributed by atoms with Gasteiger partial charge in [-0.15, -0.1) is 0 Å². The third kappa shape index (κ3) is 2.56. The molecule has 21 heavy (non-hydrogen) atoms. The van der Waals surface area contributed by atoms with Crippen molar-refractivity contribution in [3.8, 4) is 6.07 Å². The Labute approximate surface area is 123 Å². The summed E-state index contributed by atoms with van der Waals surface area (Å²) in [5.74, 6) is -0.230. The predicted octanol–water partition coefficient (Wildman–Crippen LogP) is 3.18. The van der Waals surface area contributed by atoms with Gasteiger partial charge in [0.15, 0.2) is 0 Å². The molecule has 0 atom stereocenters. The summed E-state index contributed by atoms with van der Waals surface area (Å²) >= 11 is 0. The highest BCUT2D eigenvalue weighted by atomic mass is 16.2. The maximum absolute atomic E-state index is 12.6. The number of carbonyl (C=O) groups excluding carboxylic acids is 1. The van der Waals surface area contributed by atoms with E-state index in [0.29, 0.717) is 6.54 Å². The molecule has 0 saturated carbocycles. The van der Waals surface area contributed by atoms with Crippen LogP contribution in [0, 0.1) is 11.3 Å². The largest absolute Gasteiger partial charge is 0.307 e. The molecule has 0 unspecified atom stereocenters. The Morgan fingerprint density at radius 3 is 2.57 bits per heavy atom. The summed E-state index contributed by atoms with van der Waals surface area (Å²) in [6, 6.07) is 19.3. The average molecular weight is 274 g/mol. The van der Waals surface area contributed by atoms with E-state index >= 15 is 0 Å². The molecule has 1 aliphatic rings.